The number of benzene rings is 2. The SMILES string of the molecule is CCc1c(F)ccc2cc(OCOC)cc(-c3ncc4c(N5CC6CC(C5)C(OCOC)C6)nc(OC[C@]56CCCN5[C@H](COC(=O)N(C)C)CC6)nc4c3F)c12. The van der Waals surface area contributed by atoms with Crippen LogP contribution in [0.1, 0.15) is 51.0 Å². The van der Waals surface area contributed by atoms with Crippen LogP contribution in [0.3, 0.4) is 0 Å². The maximum Gasteiger partial charge on any atom is 0.409 e. The fourth-order valence-corrected chi connectivity index (χ4v) is 9.77. The molecule has 13 nitrogen and oxygen atoms in total. The van der Waals surface area contributed by atoms with E-state index in [0.717, 1.165) is 45.1 Å². The number of carbonyl (C=O) groups is 1. The lowest BCUT2D eigenvalue weighted by molar-refractivity contribution is -0.0819. The quantitative estimate of drug-likeness (QED) is 0.128. The summed E-state index contributed by atoms with van der Waals surface area (Å²) in [5, 5.41) is 1.70. The number of carbonyl (C=O) groups excluding carboxylic acids is 1. The van der Waals surface area contributed by atoms with Gasteiger partial charge < -0.3 is 38.2 Å². The molecule has 3 unspecified atom stereocenters. The highest BCUT2D eigenvalue weighted by molar-refractivity contribution is 6.01. The maximum absolute atomic E-state index is 17.4. The molecule has 0 spiro atoms. The highest BCUT2D eigenvalue weighted by atomic mass is 19.1. The van der Waals surface area contributed by atoms with Crippen LogP contribution in [0.5, 0.6) is 11.8 Å². The minimum absolute atomic E-state index is 0.0180. The van der Waals surface area contributed by atoms with Gasteiger partial charge >= 0.3 is 12.1 Å². The number of aromatic nitrogens is 3. The second-order valence-corrected chi connectivity index (χ2v) is 16.1. The van der Waals surface area contributed by atoms with E-state index < -0.39 is 5.82 Å². The summed E-state index contributed by atoms with van der Waals surface area (Å²) in [6.45, 7) is 4.93. The van der Waals surface area contributed by atoms with E-state index in [1.807, 2.05) is 6.92 Å². The van der Waals surface area contributed by atoms with E-state index in [0.29, 0.717) is 77.5 Å². The van der Waals surface area contributed by atoms with Crippen molar-refractivity contribution in [2.45, 2.75) is 69.6 Å². The van der Waals surface area contributed by atoms with E-state index in [-0.39, 0.29) is 66.3 Å². The zero-order valence-corrected chi connectivity index (χ0v) is 33.4. The molecule has 57 heavy (non-hydrogen) atoms. The summed E-state index contributed by atoms with van der Waals surface area (Å²) in [7, 11) is 6.49. The average Bonchev–Trinajstić information content (AvgIpc) is 3.87. The molecule has 306 valence electrons. The lowest BCUT2D eigenvalue weighted by Crippen LogP contribution is -2.48. The van der Waals surface area contributed by atoms with E-state index in [1.165, 1.54) is 18.1 Å². The van der Waals surface area contributed by atoms with Gasteiger partial charge in [0.05, 0.1) is 17.0 Å². The number of amides is 1. The molecule has 2 aromatic carbocycles. The summed E-state index contributed by atoms with van der Waals surface area (Å²) in [4.78, 5) is 32.8. The summed E-state index contributed by atoms with van der Waals surface area (Å²) < 4.78 is 67.2. The number of nitrogens with zero attached hydrogens (tertiary/aromatic N) is 6. The number of hydrogen-bond donors (Lipinski definition) is 0. The molecule has 4 aromatic rings. The Labute approximate surface area is 331 Å². The molecule has 3 saturated heterocycles. The number of methoxy groups -OCH3 is 2. The zero-order chi connectivity index (χ0) is 39.8. The molecule has 4 aliphatic rings. The van der Waals surface area contributed by atoms with Crippen LogP contribution in [0, 0.1) is 23.5 Å². The van der Waals surface area contributed by atoms with Crippen LogP contribution in [-0.4, -0.2) is 123 Å². The maximum atomic E-state index is 17.4. The molecule has 1 saturated carbocycles. The number of rotatable bonds is 14. The summed E-state index contributed by atoms with van der Waals surface area (Å²) >= 11 is 0. The molecule has 1 aliphatic carbocycles. The first-order valence-electron chi connectivity index (χ1n) is 20.0. The number of pyridine rings is 1. The summed E-state index contributed by atoms with van der Waals surface area (Å²) in [6, 6.07) is 6.71. The van der Waals surface area contributed by atoms with Crippen LogP contribution in [0.25, 0.3) is 32.9 Å². The Morgan fingerprint density at radius 3 is 2.67 bits per heavy atom. The molecule has 5 atom stereocenters. The van der Waals surface area contributed by atoms with Crippen molar-refractivity contribution < 1.29 is 42.0 Å². The fourth-order valence-electron chi connectivity index (χ4n) is 9.77. The minimum atomic E-state index is -0.664. The molecule has 8 rings (SSSR count). The van der Waals surface area contributed by atoms with Gasteiger partial charge in [0.15, 0.2) is 12.6 Å². The van der Waals surface area contributed by atoms with E-state index in [2.05, 4.69) is 9.80 Å². The molecule has 2 aromatic heterocycles. The number of aryl methyl sites for hydroxylation is 1. The number of fused-ring (bicyclic) bond motifs is 5. The number of piperidine rings is 1. The van der Waals surface area contributed by atoms with Crippen molar-refractivity contribution >= 4 is 33.6 Å². The van der Waals surface area contributed by atoms with Gasteiger partial charge in [0.2, 0.25) is 0 Å². The van der Waals surface area contributed by atoms with Crippen molar-refractivity contribution in [2.75, 3.05) is 79.6 Å². The van der Waals surface area contributed by atoms with Crippen LogP contribution < -0.4 is 14.4 Å². The van der Waals surface area contributed by atoms with Gasteiger partial charge in [-0.05, 0) is 91.9 Å². The first kappa shape index (κ1) is 39.4. The Kier molecular flexibility index (Phi) is 11.4. The van der Waals surface area contributed by atoms with Crippen LogP contribution in [0.2, 0.25) is 0 Å². The molecule has 0 radical (unpaired) electrons. The predicted molar refractivity (Wildman–Crippen MR) is 209 cm³/mol. The van der Waals surface area contributed by atoms with Gasteiger partial charge in [0.1, 0.15) is 48.6 Å². The van der Waals surface area contributed by atoms with Crippen molar-refractivity contribution in [3.8, 4) is 23.0 Å². The van der Waals surface area contributed by atoms with E-state index in [4.69, 9.17) is 43.4 Å². The molecular weight excluding hydrogens is 738 g/mol. The normalized spacial score (nSPS) is 24.4. The zero-order valence-electron chi connectivity index (χ0n) is 33.4. The van der Waals surface area contributed by atoms with Gasteiger partial charge in [-0.3, -0.25) is 9.88 Å². The topological polar surface area (TPSA) is 121 Å². The molecule has 1 amide bonds. The van der Waals surface area contributed by atoms with E-state index in [9.17, 15) is 4.79 Å². The van der Waals surface area contributed by atoms with Crippen molar-refractivity contribution in [1.82, 2.24) is 24.8 Å². The van der Waals surface area contributed by atoms with E-state index in [1.54, 1.807) is 45.6 Å². The highest BCUT2D eigenvalue weighted by Gasteiger charge is 2.50. The van der Waals surface area contributed by atoms with Crippen LogP contribution in [0.4, 0.5) is 19.4 Å². The van der Waals surface area contributed by atoms with Gasteiger partial charge in [-0.1, -0.05) is 13.0 Å². The summed E-state index contributed by atoms with van der Waals surface area (Å²) in [5.74, 6) is 0.556. The van der Waals surface area contributed by atoms with Crippen molar-refractivity contribution in [1.29, 1.82) is 0 Å². The lowest BCUT2D eigenvalue weighted by Gasteiger charge is -2.35. The number of halogens is 2. The predicted octanol–water partition coefficient (Wildman–Crippen LogP) is 6.58. The third kappa shape index (κ3) is 7.54. The number of anilines is 1. The molecule has 5 heterocycles. The lowest BCUT2D eigenvalue weighted by atomic mass is 9.94. The molecule has 0 N–H and O–H groups in total. The Hall–Kier alpha value is -4.44. The molecule has 15 heteroatoms. The highest BCUT2D eigenvalue weighted by Crippen LogP contribution is 2.45. The summed E-state index contributed by atoms with van der Waals surface area (Å²) in [6.07, 6.45) is 7.26. The monoisotopic (exact) mass is 790 g/mol. The van der Waals surface area contributed by atoms with Crippen LogP contribution in [-0.2, 0) is 25.4 Å². The minimum Gasteiger partial charge on any atom is -0.468 e. The fraction of sp³-hybridized carbons (Fsp3) is 0.571. The third-order valence-electron chi connectivity index (χ3n) is 12.4. The Morgan fingerprint density at radius 2 is 1.88 bits per heavy atom. The van der Waals surface area contributed by atoms with Crippen LogP contribution in [0.15, 0.2) is 30.5 Å². The largest absolute Gasteiger partial charge is 0.468 e. The second kappa shape index (κ2) is 16.4. The standard InChI is InChI=1S/C42H52F2N6O7/c1-6-30-33(43)9-8-26-16-29(56-23-52-4)17-31(35(26)30)37-36(44)38-32(18-45-37)39(49-19-25-14-27(20-49)34(15-25)57-24-53-5)47-40(46-38)55-22-42-11-7-13-50(42)28(10-12-42)21-54-41(51)48(2)3/h8-9,16-18,25,27-28,34H,6-7,10-15,19-24H2,1-5H3/t25?,27?,28-,34?,42+/m0/s1. The first-order valence-corrected chi connectivity index (χ1v) is 20.0. The number of hydrogen-bond acceptors (Lipinski definition) is 12. The van der Waals surface area contributed by atoms with Gasteiger partial charge in [-0.25, -0.2) is 13.6 Å². The third-order valence-corrected chi connectivity index (χ3v) is 12.4. The molecule has 2 bridgehead atoms. The Morgan fingerprint density at radius 1 is 1.04 bits per heavy atom. The van der Waals surface area contributed by atoms with Gasteiger partial charge in [0, 0.05) is 65.1 Å². The van der Waals surface area contributed by atoms with Crippen LogP contribution >= 0.6 is 0 Å². The molecular formula is C42H52F2N6O7. The Balaban J connectivity index is 1.19. The smallest absolute Gasteiger partial charge is 0.409 e. The molecule has 3 aliphatic heterocycles. The van der Waals surface area contributed by atoms with Crippen molar-refractivity contribution in [3.63, 3.8) is 0 Å². The van der Waals surface area contributed by atoms with Gasteiger partial charge in [-0.15, -0.1) is 0 Å². The van der Waals surface area contributed by atoms with Crippen molar-refractivity contribution in [2.24, 2.45) is 11.8 Å². The summed E-state index contributed by atoms with van der Waals surface area (Å²) in [5.41, 5.74) is 0.642. The second-order valence-electron chi connectivity index (χ2n) is 16.1. The van der Waals surface area contributed by atoms with E-state index >= 15 is 8.78 Å². The Bertz CT molecular complexity index is 2130. The average molecular weight is 791 g/mol. The van der Waals surface area contributed by atoms with Crippen molar-refractivity contribution in [3.05, 3.63) is 47.7 Å². The van der Waals surface area contributed by atoms with Gasteiger partial charge in [0.25, 0.3) is 0 Å². The van der Waals surface area contributed by atoms with Gasteiger partial charge in [-0.2, -0.15) is 9.97 Å². The number of ether oxygens (including phenoxy) is 6. The molecule has 4 fully saturated rings. The first-order chi connectivity index (χ1) is 27.6.